The monoisotopic (exact) mass is 599 g/mol. The highest BCUT2D eigenvalue weighted by Crippen LogP contribution is 2.35. The van der Waals surface area contributed by atoms with Crippen LogP contribution in [0.3, 0.4) is 0 Å². The summed E-state index contributed by atoms with van der Waals surface area (Å²) in [5, 5.41) is 19.5. The number of anilines is 4. The third kappa shape index (κ3) is 6.84. The van der Waals surface area contributed by atoms with E-state index in [1.165, 1.54) is 31.5 Å². The topological polar surface area (TPSA) is 207 Å². The van der Waals surface area contributed by atoms with Gasteiger partial charge < -0.3 is 31.1 Å². The minimum Gasteiger partial charge on any atom is -0.495 e. The van der Waals surface area contributed by atoms with Gasteiger partial charge in [-0.1, -0.05) is 6.58 Å². The number of methoxy groups -OCH3 is 1. The maximum Gasteiger partial charge on any atom is 0.254 e. The average Bonchev–Trinajstić information content (AvgIpc) is 3.45. The average molecular weight is 600 g/mol. The molecule has 2 aromatic heterocycles. The zero-order valence-corrected chi connectivity index (χ0v) is 24.0. The van der Waals surface area contributed by atoms with Crippen molar-refractivity contribution in [1.82, 2.24) is 29.4 Å². The second-order valence-electron chi connectivity index (χ2n) is 9.50. The molecule has 0 bridgehead atoms. The summed E-state index contributed by atoms with van der Waals surface area (Å²) in [5.74, 6) is -0.529. The molecule has 1 aliphatic rings. The van der Waals surface area contributed by atoms with Crippen LogP contribution in [0.5, 0.6) is 5.75 Å². The Balaban J connectivity index is 1.59. The zero-order chi connectivity index (χ0) is 30.4. The Bertz CT molecular complexity index is 1590. The Morgan fingerprint density at radius 3 is 2.76 bits per heavy atom. The number of nitrogens with two attached hydrogens (primary N) is 1. The molecule has 224 valence electrons. The normalized spacial score (nSPS) is 15.2. The van der Waals surface area contributed by atoms with E-state index in [9.17, 15) is 18.0 Å². The van der Waals surface area contributed by atoms with Crippen LogP contribution in [0, 0.1) is 6.92 Å². The van der Waals surface area contributed by atoms with E-state index in [1.807, 2.05) is 0 Å². The standard InChI is InChI=1S/C26H33N9O6S/c1-4-22(37)34-8-5-6-18(15-34)35-14-17(12-29-35)31-26-28-13-20(24(27)38)25(33-26)32-23-16(2)10-19(11-21(23)41-3)42(39,40)30-7-9-36/h4,10-14,18,30,36H,1,5-9,15H2,2-3H3,(H2,27,38)(H2,28,31,32,33)/t18-/m0/s1. The Morgan fingerprint density at radius 2 is 2.07 bits per heavy atom. The molecule has 1 saturated heterocycles. The van der Waals surface area contributed by atoms with E-state index in [1.54, 1.807) is 28.9 Å². The maximum atomic E-state index is 12.6. The highest BCUT2D eigenvalue weighted by atomic mass is 32.2. The molecule has 0 spiro atoms. The SMILES string of the molecule is C=CC(=O)N1CCC[C@H](n2cc(Nc3ncc(C(N)=O)c(Nc4c(C)cc(S(=O)(=O)NCCO)cc4OC)n3)cn2)C1. The number of nitrogens with zero attached hydrogens (tertiary/aromatic N) is 5. The molecule has 0 aliphatic carbocycles. The number of benzene rings is 1. The summed E-state index contributed by atoms with van der Waals surface area (Å²) in [4.78, 5) is 34.5. The minimum absolute atomic E-state index is 0.00495. The molecule has 1 atom stereocenters. The van der Waals surface area contributed by atoms with Gasteiger partial charge in [0.05, 0.1) is 42.2 Å². The second-order valence-corrected chi connectivity index (χ2v) is 11.3. The summed E-state index contributed by atoms with van der Waals surface area (Å²) < 4.78 is 34.7. The lowest BCUT2D eigenvalue weighted by Gasteiger charge is -2.32. The number of ether oxygens (including phenoxy) is 1. The number of aliphatic hydroxyl groups excluding tert-OH is 1. The Morgan fingerprint density at radius 1 is 1.29 bits per heavy atom. The Hall–Kier alpha value is -4.54. The van der Waals surface area contributed by atoms with Crippen molar-refractivity contribution in [3.05, 3.63) is 54.5 Å². The van der Waals surface area contributed by atoms with Crippen LogP contribution >= 0.6 is 0 Å². The summed E-state index contributed by atoms with van der Waals surface area (Å²) in [6.45, 7) is 5.91. The van der Waals surface area contributed by atoms with Crippen molar-refractivity contribution in [2.24, 2.45) is 5.73 Å². The molecule has 3 heterocycles. The van der Waals surface area contributed by atoms with Gasteiger partial charge in [0.1, 0.15) is 17.1 Å². The van der Waals surface area contributed by atoms with E-state index in [2.05, 4.69) is 37.0 Å². The molecular formula is C26H33N9O6S. The third-order valence-corrected chi connectivity index (χ3v) is 8.06. The highest BCUT2D eigenvalue weighted by molar-refractivity contribution is 7.89. The number of likely N-dealkylation sites (tertiary alicyclic amines) is 1. The number of hydrogen-bond acceptors (Lipinski definition) is 11. The van der Waals surface area contributed by atoms with Gasteiger partial charge in [-0.15, -0.1) is 0 Å². The largest absolute Gasteiger partial charge is 0.495 e. The van der Waals surface area contributed by atoms with Crippen LogP contribution in [0.2, 0.25) is 0 Å². The van der Waals surface area contributed by atoms with Gasteiger partial charge >= 0.3 is 0 Å². The summed E-state index contributed by atoms with van der Waals surface area (Å²) in [6, 6.07) is 2.72. The van der Waals surface area contributed by atoms with Crippen molar-refractivity contribution in [1.29, 1.82) is 0 Å². The van der Waals surface area contributed by atoms with Crippen LogP contribution in [0.4, 0.5) is 23.1 Å². The summed E-state index contributed by atoms with van der Waals surface area (Å²) >= 11 is 0. The van der Waals surface area contributed by atoms with Crippen LogP contribution < -0.4 is 25.8 Å². The zero-order valence-electron chi connectivity index (χ0n) is 23.2. The van der Waals surface area contributed by atoms with Crippen LogP contribution in [0.1, 0.15) is 34.8 Å². The van der Waals surface area contributed by atoms with Gasteiger partial charge in [-0.3, -0.25) is 14.3 Å². The molecule has 0 unspecified atom stereocenters. The van der Waals surface area contributed by atoms with Gasteiger partial charge in [0, 0.05) is 38.1 Å². The van der Waals surface area contributed by atoms with E-state index in [4.69, 9.17) is 15.6 Å². The van der Waals surface area contributed by atoms with Gasteiger partial charge in [-0.25, -0.2) is 18.1 Å². The maximum absolute atomic E-state index is 12.6. The molecule has 3 aromatic rings. The summed E-state index contributed by atoms with van der Waals surface area (Å²) in [5.41, 5.74) is 6.97. The van der Waals surface area contributed by atoms with Gasteiger partial charge in [-0.05, 0) is 37.5 Å². The summed E-state index contributed by atoms with van der Waals surface area (Å²) in [7, 11) is -2.53. The molecule has 15 nitrogen and oxygen atoms in total. The number of aromatic nitrogens is 4. The fraction of sp³-hybridized carbons (Fsp3) is 0.346. The molecule has 1 fully saturated rings. The number of amides is 2. The van der Waals surface area contributed by atoms with Gasteiger partial charge in [0.15, 0.2) is 0 Å². The molecule has 16 heteroatoms. The first-order chi connectivity index (χ1) is 20.1. The van der Waals surface area contributed by atoms with E-state index in [0.29, 0.717) is 30.0 Å². The van der Waals surface area contributed by atoms with Crippen molar-refractivity contribution < 1.29 is 27.9 Å². The second kappa shape index (κ2) is 13.0. The van der Waals surface area contributed by atoms with Gasteiger partial charge in [0.25, 0.3) is 5.91 Å². The Labute approximate surface area is 242 Å². The number of carbonyl (C=O) groups is 2. The number of primary amides is 1. The number of aryl methyl sites for hydroxylation is 1. The molecule has 1 aliphatic heterocycles. The molecule has 0 saturated carbocycles. The fourth-order valence-electron chi connectivity index (χ4n) is 4.53. The first-order valence-electron chi connectivity index (χ1n) is 13.0. The minimum atomic E-state index is -3.90. The number of rotatable bonds is 12. The van der Waals surface area contributed by atoms with Crippen LogP contribution in [-0.2, 0) is 14.8 Å². The molecular weight excluding hydrogens is 566 g/mol. The number of carbonyl (C=O) groups excluding carboxylic acids is 2. The first kappa shape index (κ1) is 30.4. The molecule has 1 aromatic carbocycles. The van der Waals surface area contributed by atoms with E-state index in [-0.39, 0.29) is 53.1 Å². The predicted molar refractivity (Wildman–Crippen MR) is 154 cm³/mol. The smallest absolute Gasteiger partial charge is 0.254 e. The van der Waals surface area contributed by atoms with E-state index < -0.39 is 15.9 Å². The molecule has 6 N–H and O–H groups in total. The van der Waals surface area contributed by atoms with Crippen LogP contribution in [0.25, 0.3) is 0 Å². The lowest BCUT2D eigenvalue weighted by Crippen LogP contribution is -2.39. The van der Waals surface area contributed by atoms with Crippen molar-refractivity contribution in [3.63, 3.8) is 0 Å². The molecule has 4 rings (SSSR count). The van der Waals surface area contributed by atoms with Gasteiger partial charge in [0.2, 0.25) is 21.9 Å². The number of sulfonamides is 1. The number of hydrogen-bond donors (Lipinski definition) is 5. The lowest BCUT2D eigenvalue weighted by molar-refractivity contribution is -0.127. The fourth-order valence-corrected chi connectivity index (χ4v) is 5.65. The predicted octanol–water partition coefficient (Wildman–Crippen LogP) is 1.20. The van der Waals surface area contributed by atoms with E-state index >= 15 is 0 Å². The first-order valence-corrected chi connectivity index (χ1v) is 14.5. The van der Waals surface area contributed by atoms with Crippen LogP contribution in [0.15, 0.2) is 48.3 Å². The molecule has 42 heavy (non-hydrogen) atoms. The van der Waals surface area contributed by atoms with Crippen molar-refractivity contribution >= 4 is 45.0 Å². The number of nitrogens with one attached hydrogen (secondary N) is 3. The van der Waals surface area contributed by atoms with Crippen molar-refractivity contribution in [2.45, 2.75) is 30.7 Å². The third-order valence-electron chi connectivity index (χ3n) is 6.62. The van der Waals surface area contributed by atoms with Gasteiger partial charge in [-0.2, -0.15) is 10.1 Å². The highest BCUT2D eigenvalue weighted by Gasteiger charge is 2.25. The Kier molecular flexibility index (Phi) is 9.39. The number of aliphatic hydroxyl groups is 1. The van der Waals surface area contributed by atoms with Crippen LogP contribution in [-0.4, -0.2) is 83.3 Å². The van der Waals surface area contributed by atoms with Crippen molar-refractivity contribution in [2.75, 3.05) is 44.0 Å². The van der Waals surface area contributed by atoms with Crippen molar-refractivity contribution in [3.8, 4) is 5.75 Å². The van der Waals surface area contributed by atoms with E-state index in [0.717, 1.165) is 12.8 Å². The quantitative estimate of drug-likeness (QED) is 0.187. The number of piperidine rings is 1. The summed E-state index contributed by atoms with van der Waals surface area (Å²) in [6.07, 6.45) is 7.66. The lowest BCUT2D eigenvalue weighted by atomic mass is 10.1. The molecule has 0 radical (unpaired) electrons. The molecule has 2 amide bonds.